The highest BCUT2D eigenvalue weighted by Gasteiger charge is 2.45. The van der Waals surface area contributed by atoms with Gasteiger partial charge in [0, 0.05) is 0 Å². The van der Waals surface area contributed by atoms with Crippen LogP contribution in [0.5, 0.6) is 0 Å². The van der Waals surface area contributed by atoms with E-state index in [1.807, 2.05) is 0 Å². The van der Waals surface area contributed by atoms with Crippen molar-refractivity contribution in [3.63, 3.8) is 0 Å². The number of ether oxygens (including phenoxy) is 1. The molecule has 2 aromatic heterocycles. The number of fused-ring (bicyclic) bond motifs is 1. The molecule has 20 heavy (non-hydrogen) atoms. The van der Waals surface area contributed by atoms with Gasteiger partial charge >= 0.3 is 0 Å². The van der Waals surface area contributed by atoms with Gasteiger partial charge in [0.25, 0.3) is 5.56 Å². The Kier molecular flexibility index (Phi) is 3.28. The summed E-state index contributed by atoms with van der Waals surface area (Å²) < 4.78 is 7.17. The average Bonchev–Trinajstić information content (AvgIpc) is 2.94. The van der Waals surface area contributed by atoms with Crippen molar-refractivity contribution in [2.45, 2.75) is 36.7 Å². The van der Waals surface area contributed by atoms with Crippen LogP contribution in [0.15, 0.2) is 17.4 Å². The van der Waals surface area contributed by atoms with E-state index in [9.17, 15) is 15.0 Å². The first-order valence-corrected chi connectivity index (χ1v) is 6.62. The lowest BCUT2D eigenvalue weighted by molar-refractivity contribution is -0.0749. The van der Waals surface area contributed by atoms with Gasteiger partial charge < -0.3 is 19.9 Å². The highest BCUT2D eigenvalue weighted by Crippen LogP contribution is 2.35. The molecule has 0 aromatic carbocycles. The largest absolute Gasteiger partial charge is 0.391 e. The Hall–Kier alpha value is -1.42. The van der Waals surface area contributed by atoms with Crippen molar-refractivity contribution in [1.29, 1.82) is 0 Å². The van der Waals surface area contributed by atoms with E-state index in [0.29, 0.717) is 5.65 Å². The Morgan fingerprint density at radius 2 is 2.30 bits per heavy atom. The smallest absolute Gasteiger partial charge is 0.278 e. The van der Waals surface area contributed by atoms with Crippen molar-refractivity contribution >= 4 is 23.8 Å². The van der Waals surface area contributed by atoms with Gasteiger partial charge in [-0.25, -0.2) is 9.97 Å². The third-order valence-electron chi connectivity index (χ3n) is 3.39. The third-order valence-corrected chi connectivity index (χ3v) is 3.95. The van der Waals surface area contributed by atoms with Crippen molar-refractivity contribution in [3.05, 3.63) is 23.0 Å². The summed E-state index contributed by atoms with van der Waals surface area (Å²) >= 11 is 4.33. The average molecular weight is 298 g/mol. The fourth-order valence-corrected chi connectivity index (χ4v) is 2.75. The van der Waals surface area contributed by atoms with E-state index in [-0.39, 0.29) is 11.1 Å². The lowest BCUT2D eigenvalue weighted by Crippen LogP contribution is -2.35. The molecular weight excluding hydrogens is 284 g/mol. The fourth-order valence-electron chi connectivity index (χ4n) is 2.36. The second kappa shape index (κ2) is 4.85. The monoisotopic (exact) mass is 298 g/mol. The lowest BCUT2D eigenvalue weighted by atomic mass is 10.1. The van der Waals surface area contributed by atoms with Crippen LogP contribution in [0.2, 0.25) is 0 Å². The van der Waals surface area contributed by atoms with Crippen LogP contribution in [0.4, 0.5) is 0 Å². The highest BCUT2D eigenvalue weighted by atomic mass is 32.1. The summed E-state index contributed by atoms with van der Waals surface area (Å²) in [5.74, 6) is 0. The maximum absolute atomic E-state index is 11.6. The molecule has 1 aliphatic rings. The number of nitrogens with one attached hydrogen (secondary N) is 1. The van der Waals surface area contributed by atoms with Gasteiger partial charge in [-0.05, 0) is 6.92 Å². The number of aromatic amines is 1. The van der Waals surface area contributed by atoms with Crippen LogP contribution < -0.4 is 5.56 Å². The van der Waals surface area contributed by atoms with Crippen LogP contribution in [0.3, 0.4) is 0 Å². The van der Waals surface area contributed by atoms with E-state index in [0.717, 1.165) is 0 Å². The van der Waals surface area contributed by atoms with Crippen molar-refractivity contribution in [1.82, 2.24) is 19.5 Å². The number of imidazole rings is 1. The Morgan fingerprint density at radius 1 is 1.55 bits per heavy atom. The summed E-state index contributed by atoms with van der Waals surface area (Å²) in [6, 6.07) is 0. The number of rotatable bonds is 2. The molecule has 0 amide bonds. The second-order valence-corrected chi connectivity index (χ2v) is 5.37. The number of aliphatic hydroxyl groups excluding tert-OH is 2. The zero-order chi connectivity index (χ0) is 14.4. The first-order valence-electron chi connectivity index (χ1n) is 6.10. The molecule has 0 aliphatic carbocycles. The molecule has 1 unspecified atom stereocenters. The van der Waals surface area contributed by atoms with Crippen molar-refractivity contribution in [2.75, 3.05) is 0 Å². The summed E-state index contributed by atoms with van der Waals surface area (Å²) in [7, 11) is 0. The standard InChI is InChI=1S/C11H14N4O4S/c1-4(16)7-6(17)8(20)11(19-7)15-3-14-5-9(15)12-2-13-10(5)18/h2-4,6-8,11,16-17,20H,1H3,(H,12,13,18)/t4?,6-,7-,8-,11-/m1/s1. The number of nitrogens with zero attached hydrogens (tertiary/aromatic N) is 3. The Bertz CT molecular complexity index is 684. The molecule has 2 aromatic rings. The minimum atomic E-state index is -0.928. The number of H-pyrrole nitrogens is 1. The number of aliphatic hydroxyl groups is 2. The summed E-state index contributed by atoms with van der Waals surface area (Å²) in [6.07, 6.45) is -0.487. The second-order valence-electron chi connectivity index (χ2n) is 4.77. The summed E-state index contributed by atoms with van der Waals surface area (Å²) in [5.41, 5.74) is 0.179. The molecule has 108 valence electrons. The summed E-state index contributed by atoms with van der Waals surface area (Å²) in [6.45, 7) is 1.53. The molecule has 0 spiro atoms. The zero-order valence-electron chi connectivity index (χ0n) is 10.5. The van der Waals surface area contributed by atoms with Gasteiger partial charge in [-0.15, -0.1) is 0 Å². The molecular formula is C11H14N4O4S. The van der Waals surface area contributed by atoms with Crippen molar-refractivity contribution in [3.8, 4) is 0 Å². The Labute approximate surface area is 118 Å². The molecule has 1 saturated heterocycles. The molecule has 1 fully saturated rings. The van der Waals surface area contributed by atoms with Crippen molar-refractivity contribution in [2.24, 2.45) is 0 Å². The molecule has 3 N–H and O–H groups in total. The van der Waals surface area contributed by atoms with E-state index in [2.05, 4.69) is 27.6 Å². The third kappa shape index (κ3) is 1.94. The number of hydrogen-bond acceptors (Lipinski definition) is 7. The molecule has 0 radical (unpaired) electrons. The maximum atomic E-state index is 11.6. The minimum absolute atomic E-state index is 0.187. The summed E-state index contributed by atoms with van der Waals surface area (Å²) in [4.78, 5) is 22.1. The lowest BCUT2D eigenvalue weighted by Gasteiger charge is -2.17. The predicted molar refractivity (Wildman–Crippen MR) is 72.5 cm³/mol. The summed E-state index contributed by atoms with van der Waals surface area (Å²) in [5, 5.41) is 19.1. The number of aromatic nitrogens is 4. The minimum Gasteiger partial charge on any atom is -0.391 e. The van der Waals surface area contributed by atoms with Gasteiger partial charge in [0.1, 0.15) is 6.10 Å². The van der Waals surface area contributed by atoms with Crippen LogP contribution in [-0.2, 0) is 4.74 Å². The first kappa shape index (κ1) is 13.6. The predicted octanol–water partition coefficient (Wildman–Crippen LogP) is -0.943. The molecule has 5 atom stereocenters. The Morgan fingerprint density at radius 3 is 2.95 bits per heavy atom. The van der Waals surface area contributed by atoms with E-state index >= 15 is 0 Å². The molecule has 8 nitrogen and oxygen atoms in total. The molecule has 3 heterocycles. The van der Waals surface area contributed by atoms with Crippen LogP contribution in [0, 0.1) is 0 Å². The van der Waals surface area contributed by atoms with Crippen LogP contribution >= 0.6 is 12.6 Å². The number of hydrogen-bond donors (Lipinski definition) is 4. The number of thiol groups is 1. The van der Waals surface area contributed by atoms with Gasteiger partial charge in [-0.1, -0.05) is 0 Å². The van der Waals surface area contributed by atoms with Crippen molar-refractivity contribution < 1.29 is 14.9 Å². The highest BCUT2D eigenvalue weighted by molar-refractivity contribution is 7.81. The first-order chi connectivity index (χ1) is 9.50. The fraction of sp³-hybridized carbons (Fsp3) is 0.545. The van der Waals surface area contributed by atoms with Gasteiger partial charge in [-0.3, -0.25) is 9.36 Å². The Balaban J connectivity index is 2.04. The molecule has 3 rings (SSSR count). The van der Waals surface area contributed by atoms with Gasteiger partial charge in [0.2, 0.25) is 0 Å². The zero-order valence-corrected chi connectivity index (χ0v) is 11.4. The molecule has 1 aliphatic heterocycles. The molecule has 0 saturated carbocycles. The van der Waals surface area contributed by atoms with Gasteiger partial charge in [0.15, 0.2) is 17.4 Å². The molecule has 0 bridgehead atoms. The van der Waals surface area contributed by atoms with Gasteiger partial charge in [-0.2, -0.15) is 12.6 Å². The van der Waals surface area contributed by atoms with E-state index in [1.54, 1.807) is 0 Å². The van der Waals surface area contributed by atoms with Crippen LogP contribution in [0.25, 0.3) is 11.2 Å². The van der Waals surface area contributed by atoms with Crippen LogP contribution in [0.1, 0.15) is 13.2 Å². The van der Waals surface area contributed by atoms with E-state index in [4.69, 9.17) is 4.74 Å². The SMILES string of the molecule is CC(O)[C@H]1O[C@@H](n2cnc3c(=O)[nH]cnc32)[C@H](S)[C@@H]1O. The van der Waals surface area contributed by atoms with E-state index < -0.39 is 29.8 Å². The maximum Gasteiger partial charge on any atom is 0.278 e. The van der Waals surface area contributed by atoms with Crippen LogP contribution in [-0.4, -0.2) is 53.3 Å². The quantitative estimate of drug-likeness (QED) is 0.532. The van der Waals surface area contributed by atoms with E-state index in [1.165, 1.54) is 24.1 Å². The van der Waals surface area contributed by atoms with Gasteiger partial charge in [0.05, 0.1) is 30.1 Å². The molecule has 9 heteroatoms. The normalized spacial score (nSPS) is 31.8. The topological polar surface area (TPSA) is 113 Å².